The first-order valence-electron chi connectivity index (χ1n) is 6.65. The van der Waals surface area contributed by atoms with E-state index in [1.54, 1.807) is 12.3 Å². The molecule has 116 valence electrons. The van der Waals surface area contributed by atoms with Crippen molar-refractivity contribution in [1.29, 1.82) is 0 Å². The number of nitrogens with one attached hydrogen (secondary N) is 1. The van der Waals surface area contributed by atoms with Crippen molar-refractivity contribution in [2.24, 2.45) is 7.05 Å². The molecule has 23 heavy (non-hydrogen) atoms. The second-order valence-electron chi connectivity index (χ2n) is 4.61. The number of halogens is 1. The molecule has 0 aliphatic rings. The number of amides is 1. The highest BCUT2D eigenvalue weighted by molar-refractivity contribution is 7.99. The molecule has 3 rings (SSSR count). The van der Waals surface area contributed by atoms with Gasteiger partial charge in [0, 0.05) is 36.7 Å². The van der Waals surface area contributed by atoms with E-state index in [1.165, 1.54) is 42.5 Å². The van der Waals surface area contributed by atoms with Gasteiger partial charge in [0.15, 0.2) is 5.16 Å². The number of hydrogen-bond donors (Lipinski definition) is 1. The lowest BCUT2D eigenvalue weighted by Gasteiger charge is -2.10. The van der Waals surface area contributed by atoms with Crippen LogP contribution in [0.1, 0.15) is 10.5 Å². The van der Waals surface area contributed by atoms with Gasteiger partial charge in [-0.25, -0.2) is 14.4 Å². The van der Waals surface area contributed by atoms with Crippen molar-refractivity contribution in [1.82, 2.24) is 19.5 Å². The van der Waals surface area contributed by atoms with Gasteiger partial charge < -0.3 is 9.88 Å². The molecule has 0 unspecified atom stereocenters. The molecule has 3 aromatic rings. The number of hydrogen-bond acceptors (Lipinski definition) is 5. The minimum Gasteiger partial charge on any atom is -0.329 e. The topological polar surface area (TPSA) is 72.7 Å². The molecule has 0 bridgehead atoms. The van der Waals surface area contributed by atoms with Gasteiger partial charge in [-0.05, 0) is 30.0 Å². The standard InChI is InChI=1S/C15H12FN5OS/c1-21-7-6-19-15(21)23-13-3-2-10(16)8-11(13)20-14(22)12-9-17-4-5-18-12/h2-9H,1H3,(H,20,22). The third-order valence-corrected chi connectivity index (χ3v) is 4.12. The molecule has 0 spiro atoms. The van der Waals surface area contributed by atoms with E-state index in [0.29, 0.717) is 10.6 Å². The van der Waals surface area contributed by atoms with Crippen LogP contribution in [-0.4, -0.2) is 25.4 Å². The van der Waals surface area contributed by atoms with Gasteiger partial charge in [0.2, 0.25) is 0 Å². The number of anilines is 1. The number of carbonyl (C=O) groups is 1. The second-order valence-corrected chi connectivity index (χ2v) is 5.62. The molecule has 0 radical (unpaired) electrons. The van der Waals surface area contributed by atoms with Crippen LogP contribution in [0.4, 0.5) is 10.1 Å². The first-order chi connectivity index (χ1) is 11.1. The van der Waals surface area contributed by atoms with Crippen LogP contribution >= 0.6 is 11.8 Å². The van der Waals surface area contributed by atoms with Crippen LogP contribution in [0.15, 0.2) is 59.2 Å². The van der Waals surface area contributed by atoms with Crippen LogP contribution in [0.25, 0.3) is 0 Å². The normalized spacial score (nSPS) is 10.5. The van der Waals surface area contributed by atoms with Gasteiger partial charge in [0.25, 0.3) is 5.91 Å². The molecule has 1 aromatic carbocycles. The molecule has 0 aliphatic carbocycles. The highest BCUT2D eigenvalue weighted by Gasteiger charge is 2.13. The maximum absolute atomic E-state index is 13.5. The van der Waals surface area contributed by atoms with E-state index < -0.39 is 11.7 Å². The van der Waals surface area contributed by atoms with Crippen molar-refractivity contribution in [3.8, 4) is 0 Å². The predicted octanol–water partition coefficient (Wildman–Crippen LogP) is 2.75. The monoisotopic (exact) mass is 329 g/mol. The van der Waals surface area contributed by atoms with Gasteiger partial charge in [0.1, 0.15) is 11.5 Å². The minimum atomic E-state index is -0.453. The number of benzene rings is 1. The first-order valence-corrected chi connectivity index (χ1v) is 7.47. The van der Waals surface area contributed by atoms with Crippen LogP contribution < -0.4 is 5.32 Å². The molecule has 1 N–H and O–H groups in total. The summed E-state index contributed by atoms with van der Waals surface area (Å²) in [5.41, 5.74) is 0.512. The minimum absolute atomic E-state index is 0.157. The molecular weight excluding hydrogens is 317 g/mol. The fourth-order valence-electron chi connectivity index (χ4n) is 1.84. The molecule has 1 amide bonds. The van der Waals surface area contributed by atoms with Crippen LogP contribution in [0.5, 0.6) is 0 Å². The molecule has 0 fully saturated rings. The van der Waals surface area contributed by atoms with Gasteiger partial charge in [0.05, 0.1) is 11.9 Å². The van der Waals surface area contributed by atoms with E-state index in [4.69, 9.17) is 0 Å². The molecule has 2 aromatic heterocycles. The third kappa shape index (κ3) is 3.54. The quantitative estimate of drug-likeness (QED) is 0.797. The average molecular weight is 329 g/mol. The molecule has 0 saturated heterocycles. The Bertz CT molecular complexity index is 837. The van der Waals surface area contributed by atoms with E-state index in [-0.39, 0.29) is 5.69 Å². The molecular formula is C15H12FN5OS. The molecule has 2 heterocycles. The van der Waals surface area contributed by atoms with E-state index in [2.05, 4.69) is 20.3 Å². The number of imidazole rings is 1. The lowest BCUT2D eigenvalue weighted by atomic mass is 10.3. The summed E-state index contributed by atoms with van der Waals surface area (Å²) in [6.07, 6.45) is 7.72. The zero-order valence-corrected chi connectivity index (χ0v) is 12.9. The lowest BCUT2D eigenvalue weighted by Crippen LogP contribution is -2.14. The summed E-state index contributed by atoms with van der Waals surface area (Å²) in [5.74, 6) is -0.894. The highest BCUT2D eigenvalue weighted by atomic mass is 32.2. The Morgan fingerprint density at radius 1 is 1.26 bits per heavy atom. The first kappa shape index (κ1) is 15.2. The molecule has 0 saturated carbocycles. The summed E-state index contributed by atoms with van der Waals surface area (Å²) >= 11 is 1.33. The van der Waals surface area contributed by atoms with Crippen LogP contribution in [0.3, 0.4) is 0 Å². The second kappa shape index (κ2) is 6.57. The molecule has 8 heteroatoms. The number of aromatic nitrogens is 4. The largest absolute Gasteiger partial charge is 0.329 e. The Balaban J connectivity index is 1.87. The van der Waals surface area contributed by atoms with Crippen molar-refractivity contribution in [3.05, 3.63) is 60.7 Å². The summed E-state index contributed by atoms with van der Waals surface area (Å²) in [5, 5.41) is 3.39. The summed E-state index contributed by atoms with van der Waals surface area (Å²) in [6.45, 7) is 0. The molecule has 0 atom stereocenters. The number of rotatable bonds is 4. The zero-order chi connectivity index (χ0) is 16.2. The van der Waals surface area contributed by atoms with Gasteiger partial charge >= 0.3 is 0 Å². The highest BCUT2D eigenvalue weighted by Crippen LogP contribution is 2.33. The summed E-state index contributed by atoms with van der Waals surface area (Å²) < 4.78 is 15.4. The number of carbonyl (C=O) groups excluding carboxylic acids is 1. The van der Waals surface area contributed by atoms with Gasteiger partial charge in [-0.2, -0.15) is 0 Å². The molecule has 6 nitrogen and oxygen atoms in total. The van der Waals surface area contributed by atoms with Crippen LogP contribution in [-0.2, 0) is 7.05 Å². The molecule has 0 aliphatic heterocycles. The van der Waals surface area contributed by atoms with Crippen molar-refractivity contribution < 1.29 is 9.18 Å². The Morgan fingerprint density at radius 3 is 2.83 bits per heavy atom. The Hall–Kier alpha value is -2.74. The van der Waals surface area contributed by atoms with Crippen molar-refractivity contribution in [2.45, 2.75) is 10.1 Å². The van der Waals surface area contributed by atoms with Gasteiger partial charge in [-0.3, -0.25) is 9.78 Å². The maximum atomic E-state index is 13.5. The van der Waals surface area contributed by atoms with Gasteiger partial charge in [-0.1, -0.05) is 0 Å². The SMILES string of the molecule is Cn1ccnc1Sc1ccc(F)cc1NC(=O)c1cnccn1. The lowest BCUT2D eigenvalue weighted by molar-refractivity contribution is 0.102. The number of nitrogens with zero attached hydrogens (tertiary/aromatic N) is 4. The van der Waals surface area contributed by atoms with E-state index >= 15 is 0 Å². The fraction of sp³-hybridized carbons (Fsp3) is 0.0667. The van der Waals surface area contributed by atoms with E-state index in [1.807, 2.05) is 17.8 Å². The number of aryl methyl sites for hydroxylation is 1. The van der Waals surface area contributed by atoms with Gasteiger partial charge in [-0.15, -0.1) is 0 Å². The maximum Gasteiger partial charge on any atom is 0.275 e. The summed E-state index contributed by atoms with van der Waals surface area (Å²) in [7, 11) is 1.86. The predicted molar refractivity (Wildman–Crippen MR) is 83.7 cm³/mol. The fourth-order valence-corrected chi connectivity index (χ4v) is 2.71. The van der Waals surface area contributed by atoms with Crippen LogP contribution in [0, 0.1) is 5.82 Å². The van der Waals surface area contributed by atoms with Crippen molar-refractivity contribution in [3.63, 3.8) is 0 Å². The third-order valence-electron chi connectivity index (χ3n) is 2.96. The van der Waals surface area contributed by atoms with E-state index in [0.717, 1.165) is 5.16 Å². The zero-order valence-electron chi connectivity index (χ0n) is 12.1. The Labute approximate surface area is 135 Å². The summed E-state index contributed by atoms with van der Waals surface area (Å²) in [6, 6.07) is 4.20. The van der Waals surface area contributed by atoms with E-state index in [9.17, 15) is 9.18 Å². The Morgan fingerprint density at radius 2 is 2.13 bits per heavy atom. The smallest absolute Gasteiger partial charge is 0.275 e. The van der Waals surface area contributed by atoms with Crippen LogP contribution in [0.2, 0.25) is 0 Å². The average Bonchev–Trinajstić information content (AvgIpc) is 2.96. The van der Waals surface area contributed by atoms with Crippen molar-refractivity contribution >= 4 is 23.4 Å². The Kier molecular flexibility index (Phi) is 4.33. The summed E-state index contributed by atoms with van der Waals surface area (Å²) in [4.78, 5) is 24.8. The van der Waals surface area contributed by atoms with Crippen molar-refractivity contribution in [2.75, 3.05) is 5.32 Å².